The molecule has 18 heavy (non-hydrogen) atoms. The summed E-state index contributed by atoms with van der Waals surface area (Å²) in [5.74, 6) is -1.03. The zero-order chi connectivity index (χ0) is 13.2. The summed E-state index contributed by atoms with van der Waals surface area (Å²) in [7, 11) is 0. The summed E-state index contributed by atoms with van der Waals surface area (Å²) in [4.78, 5) is 2.07. The Morgan fingerprint density at radius 2 is 1.94 bits per heavy atom. The molecule has 2 rings (SSSR count). The van der Waals surface area contributed by atoms with Crippen LogP contribution < -0.4 is 10.2 Å². The molecule has 1 N–H and O–H groups in total. The van der Waals surface area contributed by atoms with Gasteiger partial charge in [-0.25, -0.2) is 8.78 Å². The van der Waals surface area contributed by atoms with Crippen LogP contribution in [0.4, 0.5) is 14.5 Å². The molecule has 100 valence electrons. The van der Waals surface area contributed by atoms with E-state index in [4.69, 9.17) is 0 Å². The standard InChI is InChI=1S/C14H20F2N2/c1-3-14(2)10-18(6-4-5-17-14)13-8-11(15)7-12(16)9-13/h7-9,17H,3-6,10H2,1-2H3. The quantitative estimate of drug-likeness (QED) is 0.873. The van der Waals surface area contributed by atoms with Gasteiger partial charge in [0.2, 0.25) is 0 Å². The highest BCUT2D eigenvalue weighted by Crippen LogP contribution is 2.23. The second-order valence-electron chi connectivity index (χ2n) is 5.24. The van der Waals surface area contributed by atoms with Crippen molar-refractivity contribution >= 4 is 5.69 Å². The van der Waals surface area contributed by atoms with Gasteiger partial charge in [0.1, 0.15) is 11.6 Å². The smallest absolute Gasteiger partial charge is 0.128 e. The first-order valence-corrected chi connectivity index (χ1v) is 6.48. The number of nitrogens with one attached hydrogen (secondary N) is 1. The SMILES string of the molecule is CCC1(C)CN(c2cc(F)cc(F)c2)CCCN1. The summed E-state index contributed by atoms with van der Waals surface area (Å²) in [6.45, 7) is 6.82. The van der Waals surface area contributed by atoms with Gasteiger partial charge in [-0.3, -0.25) is 0 Å². The lowest BCUT2D eigenvalue weighted by atomic mass is 9.98. The first-order chi connectivity index (χ1) is 8.52. The molecule has 0 spiro atoms. The zero-order valence-electron chi connectivity index (χ0n) is 11.0. The van der Waals surface area contributed by atoms with Crippen molar-refractivity contribution in [2.75, 3.05) is 24.5 Å². The largest absolute Gasteiger partial charge is 0.369 e. The van der Waals surface area contributed by atoms with E-state index in [1.807, 2.05) is 0 Å². The Morgan fingerprint density at radius 3 is 2.56 bits per heavy atom. The van der Waals surface area contributed by atoms with Crippen LogP contribution in [0.3, 0.4) is 0 Å². The minimum absolute atomic E-state index is 0.000701. The lowest BCUT2D eigenvalue weighted by Crippen LogP contribution is -2.48. The van der Waals surface area contributed by atoms with Gasteiger partial charge in [0.05, 0.1) is 0 Å². The molecule has 0 saturated carbocycles. The number of hydrogen-bond donors (Lipinski definition) is 1. The summed E-state index contributed by atoms with van der Waals surface area (Å²) in [6.07, 6.45) is 1.97. The third-order valence-electron chi connectivity index (χ3n) is 3.69. The Balaban J connectivity index is 2.25. The third kappa shape index (κ3) is 2.99. The van der Waals surface area contributed by atoms with E-state index in [1.165, 1.54) is 12.1 Å². The van der Waals surface area contributed by atoms with Gasteiger partial charge in [-0.1, -0.05) is 6.92 Å². The Bertz CT molecular complexity index is 402. The van der Waals surface area contributed by atoms with E-state index in [-0.39, 0.29) is 5.54 Å². The second-order valence-corrected chi connectivity index (χ2v) is 5.24. The van der Waals surface area contributed by atoms with Gasteiger partial charge >= 0.3 is 0 Å². The number of nitrogens with zero attached hydrogens (tertiary/aromatic N) is 1. The van der Waals surface area contributed by atoms with E-state index in [0.717, 1.165) is 38.5 Å². The van der Waals surface area contributed by atoms with Gasteiger partial charge in [0.25, 0.3) is 0 Å². The summed E-state index contributed by atoms with van der Waals surface area (Å²) in [5.41, 5.74) is 0.634. The second kappa shape index (κ2) is 5.22. The van der Waals surface area contributed by atoms with Crippen molar-refractivity contribution in [3.05, 3.63) is 29.8 Å². The molecular weight excluding hydrogens is 234 g/mol. The molecule has 0 aromatic heterocycles. The lowest BCUT2D eigenvalue weighted by molar-refractivity contribution is 0.366. The molecule has 1 fully saturated rings. The lowest BCUT2D eigenvalue weighted by Gasteiger charge is -2.34. The topological polar surface area (TPSA) is 15.3 Å². The van der Waals surface area contributed by atoms with Crippen LogP contribution >= 0.6 is 0 Å². The number of halogens is 2. The number of hydrogen-bond acceptors (Lipinski definition) is 2. The highest BCUT2D eigenvalue weighted by atomic mass is 19.1. The minimum Gasteiger partial charge on any atom is -0.369 e. The van der Waals surface area contributed by atoms with Crippen molar-refractivity contribution < 1.29 is 8.78 Å². The molecule has 1 heterocycles. The van der Waals surface area contributed by atoms with Crippen molar-refractivity contribution in [3.63, 3.8) is 0 Å². The number of rotatable bonds is 2. The van der Waals surface area contributed by atoms with E-state index in [0.29, 0.717) is 5.69 Å². The van der Waals surface area contributed by atoms with Crippen LogP contribution in [0.15, 0.2) is 18.2 Å². The van der Waals surface area contributed by atoms with Gasteiger partial charge in [0.15, 0.2) is 0 Å². The van der Waals surface area contributed by atoms with Gasteiger partial charge in [-0.05, 0) is 38.4 Å². The molecule has 1 saturated heterocycles. The Kier molecular flexibility index (Phi) is 3.85. The van der Waals surface area contributed by atoms with Crippen molar-refractivity contribution in [2.45, 2.75) is 32.2 Å². The maximum atomic E-state index is 13.3. The summed E-state index contributed by atoms with van der Waals surface area (Å²) in [5, 5.41) is 3.51. The first-order valence-electron chi connectivity index (χ1n) is 6.48. The van der Waals surface area contributed by atoms with Crippen LogP contribution in [0.1, 0.15) is 26.7 Å². The highest BCUT2D eigenvalue weighted by Gasteiger charge is 2.27. The normalized spacial score (nSPS) is 25.0. The Hall–Kier alpha value is -1.16. The predicted octanol–water partition coefficient (Wildman–Crippen LogP) is 2.93. The van der Waals surface area contributed by atoms with Crippen molar-refractivity contribution in [1.29, 1.82) is 0 Å². The number of anilines is 1. The van der Waals surface area contributed by atoms with Crippen LogP contribution in [0, 0.1) is 11.6 Å². The molecule has 1 aliphatic heterocycles. The fourth-order valence-electron chi connectivity index (χ4n) is 2.40. The zero-order valence-corrected chi connectivity index (χ0v) is 11.0. The Labute approximate surface area is 107 Å². The van der Waals surface area contributed by atoms with Crippen molar-refractivity contribution in [1.82, 2.24) is 5.32 Å². The summed E-state index contributed by atoms with van der Waals surface area (Å²) >= 11 is 0. The van der Waals surface area contributed by atoms with Gasteiger partial charge in [-0.15, -0.1) is 0 Å². The van der Waals surface area contributed by atoms with Crippen LogP contribution in [-0.4, -0.2) is 25.2 Å². The molecular formula is C14H20F2N2. The average Bonchev–Trinajstić information content (AvgIpc) is 2.51. The molecule has 1 aromatic carbocycles. The third-order valence-corrected chi connectivity index (χ3v) is 3.69. The molecule has 1 aliphatic rings. The molecule has 2 nitrogen and oxygen atoms in total. The van der Waals surface area contributed by atoms with Crippen molar-refractivity contribution in [2.24, 2.45) is 0 Å². The van der Waals surface area contributed by atoms with Crippen LogP contribution in [0.5, 0.6) is 0 Å². The fourth-order valence-corrected chi connectivity index (χ4v) is 2.40. The van der Waals surface area contributed by atoms with E-state index in [1.54, 1.807) is 0 Å². The van der Waals surface area contributed by atoms with Gasteiger partial charge in [0, 0.05) is 30.4 Å². The van der Waals surface area contributed by atoms with Crippen LogP contribution in [-0.2, 0) is 0 Å². The molecule has 1 aromatic rings. The first kappa shape index (κ1) is 13.3. The van der Waals surface area contributed by atoms with E-state index < -0.39 is 11.6 Å². The van der Waals surface area contributed by atoms with Crippen molar-refractivity contribution in [3.8, 4) is 0 Å². The fraction of sp³-hybridized carbons (Fsp3) is 0.571. The van der Waals surface area contributed by atoms with Crippen LogP contribution in [0.25, 0.3) is 0 Å². The average molecular weight is 254 g/mol. The van der Waals surface area contributed by atoms with Gasteiger partial charge < -0.3 is 10.2 Å². The highest BCUT2D eigenvalue weighted by molar-refractivity contribution is 5.47. The molecule has 1 atom stereocenters. The molecule has 0 amide bonds. The maximum absolute atomic E-state index is 13.3. The van der Waals surface area contributed by atoms with E-state index >= 15 is 0 Å². The number of benzene rings is 1. The molecule has 4 heteroatoms. The van der Waals surface area contributed by atoms with Gasteiger partial charge in [-0.2, -0.15) is 0 Å². The monoisotopic (exact) mass is 254 g/mol. The summed E-state index contributed by atoms with van der Waals surface area (Å²) < 4.78 is 26.6. The predicted molar refractivity (Wildman–Crippen MR) is 69.9 cm³/mol. The van der Waals surface area contributed by atoms with E-state index in [9.17, 15) is 8.78 Å². The summed E-state index contributed by atoms with van der Waals surface area (Å²) in [6, 6.07) is 3.73. The Morgan fingerprint density at radius 1 is 1.28 bits per heavy atom. The van der Waals surface area contributed by atoms with E-state index in [2.05, 4.69) is 24.1 Å². The molecule has 0 radical (unpaired) electrons. The molecule has 0 bridgehead atoms. The maximum Gasteiger partial charge on any atom is 0.128 e. The van der Waals surface area contributed by atoms with Crippen LogP contribution in [0.2, 0.25) is 0 Å². The molecule has 0 aliphatic carbocycles. The molecule has 1 unspecified atom stereocenters. The minimum atomic E-state index is -0.514.